The minimum atomic E-state index is -0.770. The van der Waals surface area contributed by atoms with Gasteiger partial charge >= 0.3 is 5.97 Å². The molecule has 120 valence electrons. The van der Waals surface area contributed by atoms with Crippen molar-refractivity contribution >= 4 is 11.9 Å². The lowest BCUT2D eigenvalue weighted by Crippen LogP contribution is -2.34. The molecule has 0 saturated carbocycles. The number of esters is 1. The predicted molar refractivity (Wildman–Crippen MR) is 81.2 cm³/mol. The molecule has 1 aromatic carbocycles. The van der Waals surface area contributed by atoms with Crippen LogP contribution in [-0.2, 0) is 9.53 Å². The summed E-state index contributed by atoms with van der Waals surface area (Å²) >= 11 is 0. The molecule has 2 N–H and O–H groups in total. The number of aromatic amines is 1. The second-order valence-electron chi connectivity index (χ2n) is 4.42. The number of ether oxygens (including phenoxy) is 2. The van der Waals surface area contributed by atoms with E-state index in [1.54, 1.807) is 24.3 Å². The summed E-state index contributed by atoms with van der Waals surface area (Å²) in [7, 11) is 2.70. The Hall–Kier alpha value is -3.16. The molecule has 0 aliphatic carbocycles. The number of amides is 1. The third-order valence-electron chi connectivity index (χ3n) is 3.01. The van der Waals surface area contributed by atoms with E-state index in [1.165, 1.54) is 20.4 Å². The number of H-pyrrole nitrogens is 1. The van der Waals surface area contributed by atoms with E-state index in [-0.39, 0.29) is 12.2 Å². The molecule has 0 unspecified atom stereocenters. The maximum Gasteiger partial charge on any atom is 0.325 e. The molecular formula is C15H15N3O5. The van der Waals surface area contributed by atoms with Crippen molar-refractivity contribution in [2.24, 2.45) is 0 Å². The van der Waals surface area contributed by atoms with Gasteiger partial charge in [-0.1, -0.05) is 12.1 Å². The normalized spacial score (nSPS) is 10.0. The molecule has 0 fully saturated rings. The van der Waals surface area contributed by atoms with Crippen molar-refractivity contribution in [2.45, 2.75) is 0 Å². The number of rotatable bonds is 5. The minimum absolute atomic E-state index is 0.350. The summed E-state index contributed by atoms with van der Waals surface area (Å²) in [6, 6.07) is 7.05. The van der Waals surface area contributed by atoms with E-state index >= 15 is 0 Å². The fraction of sp³-hybridized carbons (Fsp3) is 0.200. The predicted octanol–water partition coefficient (Wildman–Crippen LogP) is 0.348. The molecule has 23 heavy (non-hydrogen) atoms. The van der Waals surface area contributed by atoms with Crippen molar-refractivity contribution in [1.82, 2.24) is 15.3 Å². The van der Waals surface area contributed by atoms with Crippen molar-refractivity contribution in [3.05, 3.63) is 46.5 Å². The Morgan fingerprint density at radius 3 is 2.70 bits per heavy atom. The van der Waals surface area contributed by atoms with E-state index in [1.807, 2.05) is 0 Å². The van der Waals surface area contributed by atoms with Gasteiger partial charge in [0.25, 0.3) is 11.5 Å². The highest BCUT2D eigenvalue weighted by atomic mass is 16.5. The molecular weight excluding hydrogens is 302 g/mol. The topological polar surface area (TPSA) is 110 Å². The number of nitrogens with one attached hydrogen (secondary N) is 2. The number of aromatic nitrogens is 2. The van der Waals surface area contributed by atoms with Crippen LogP contribution in [0.25, 0.3) is 11.3 Å². The Labute approximate surface area is 131 Å². The fourth-order valence-electron chi connectivity index (χ4n) is 1.86. The van der Waals surface area contributed by atoms with Gasteiger partial charge in [-0.15, -0.1) is 0 Å². The van der Waals surface area contributed by atoms with Crippen LogP contribution in [0.3, 0.4) is 0 Å². The van der Waals surface area contributed by atoms with Crippen LogP contribution in [-0.4, -0.2) is 42.6 Å². The summed E-state index contributed by atoms with van der Waals surface area (Å²) in [5, 5.41) is 2.27. The summed E-state index contributed by atoms with van der Waals surface area (Å²) < 4.78 is 9.64. The Bertz CT molecular complexity index is 785. The first kappa shape index (κ1) is 16.2. The summed E-state index contributed by atoms with van der Waals surface area (Å²) in [6.07, 6.45) is 1.39. The number of nitrogens with zero attached hydrogens (tertiary/aromatic N) is 1. The van der Waals surface area contributed by atoms with E-state index in [0.29, 0.717) is 17.0 Å². The Morgan fingerprint density at radius 1 is 1.26 bits per heavy atom. The first-order chi connectivity index (χ1) is 11.1. The van der Waals surface area contributed by atoms with Crippen LogP contribution in [0.15, 0.2) is 35.3 Å². The maximum atomic E-state index is 12.0. The molecule has 0 radical (unpaired) electrons. The minimum Gasteiger partial charge on any atom is -0.496 e. The van der Waals surface area contributed by atoms with Crippen LogP contribution in [0.2, 0.25) is 0 Å². The molecule has 1 amide bonds. The van der Waals surface area contributed by atoms with Crippen molar-refractivity contribution < 1.29 is 19.1 Å². The lowest BCUT2D eigenvalue weighted by atomic mass is 10.1. The summed E-state index contributed by atoms with van der Waals surface area (Å²) in [6.45, 7) is -0.352. The molecule has 0 spiro atoms. The number of carbonyl (C=O) groups is 2. The highest BCUT2D eigenvalue weighted by Gasteiger charge is 2.16. The first-order valence-corrected chi connectivity index (χ1v) is 6.65. The zero-order valence-electron chi connectivity index (χ0n) is 12.6. The summed E-state index contributed by atoms with van der Waals surface area (Å²) in [4.78, 5) is 41.3. The zero-order valence-corrected chi connectivity index (χ0v) is 12.6. The molecule has 2 rings (SSSR count). The van der Waals surface area contributed by atoms with Gasteiger partial charge in [0.15, 0.2) is 5.69 Å². The van der Waals surface area contributed by atoms with Crippen LogP contribution >= 0.6 is 0 Å². The van der Waals surface area contributed by atoms with Gasteiger partial charge in [0.2, 0.25) is 0 Å². The van der Waals surface area contributed by atoms with E-state index in [0.717, 1.165) is 0 Å². The smallest absolute Gasteiger partial charge is 0.325 e. The van der Waals surface area contributed by atoms with E-state index in [4.69, 9.17) is 4.74 Å². The van der Waals surface area contributed by atoms with Gasteiger partial charge in [-0.25, -0.2) is 4.98 Å². The van der Waals surface area contributed by atoms with Gasteiger partial charge in [-0.3, -0.25) is 14.4 Å². The standard InChI is InChI=1S/C15H15N3O5/c1-22-11-6-4-3-5-9(11)10-7-16-14(20)13(18-10)15(21)17-8-12(19)23-2/h3-7H,8H2,1-2H3,(H,16,20)(H,17,21). The molecule has 8 heteroatoms. The Balaban J connectivity index is 2.34. The number of hydrogen-bond donors (Lipinski definition) is 2. The number of para-hydroxylation sites is 1. The van der Waals surface area contributed by atoms with Gasteiger partial charge in [0.1, 0.15) is 12.3 Å². The fourth-order valence-corrected chi connectivity index (χ4v) is 1.86. The molecule has 0 aliphatic rings. The van der Waals surface area contributed by atoms with Crippen LogP contribution in [0, 0.1) is 0 Å². The third kappa shape index (κ3) is 3.73. The third-order valence-corrected chi connectivity index (χ3v) is 3.01. The Morgan fingerprint density at radius 2 is 2.00 bits per heavy atom. The molecule has 8 nitrogen and oxygen atoms in total. The monoisotopic (exact) mass is 317 g/mol. The highest BCUT2D eigenvalue weighted by molar-refractivity contribution is 5.94. The van der Waals surface area contributed by atoms with Gasteiger partial charge < -0.3 is 19.8 Å². The SMILES string of the molecule is COC(=O)CNC(=O)c1nc(-c2ccccc2OC)c[nH]c1=O. The van der Waals surface area contributed by atoms with Crippen molar-refractivity contribution in [3.63, 3.8) is 0 Å². The van der Waals surface area contributed by atoms with Gasteiger partial charge in [0.05, 0.1) is 19.9 Å². The van der Waals surface area contributed by atoms with Crippen LogP contribution in [0.5, 0.6) is 5.75 Å². The van der Waals surface area contributed by atoms with Crippen LogP contribution < -0.4 is 15.6 Å². The molecule has 1 heterocycles. The second kappa shape index (κ2) is 7.21. The van der Waals surface area contributed by atoms with Crippen molar-refractivity contribution in [1.29, 1.82) is 0 Å². The van der Waals surface area contributed by atoms with E-state index in [9.17, 15) is 14.4 Å². The summed E-state index contributed by atoms with van der Waals surface area (Å²) in [5.74, 6) is -0.850. The molecule has 0 atom stereocenters. The molecule has 0 bridgehead atoms. The van der Waals surface area contributed by atoms with E-state index < -0.39 is 17.4 Å². The average Bonchev–Trinajstić information content (AvgIpc) is 2.59. The van der Waals surface area contributed by atoms with Gasteiger partial charge in [-0.2, -0.15) is 0 Å². The van der Waals surface area contributed by atoms with Crippen molar-refractivity contribution in [3.8, 4) is 17.0 Å². The quantitative estimate of drug-likeness (QED) is 0.770. The second-order valence-corrected chi connectivity index (χ2v) is 4.42. The lowest BCUT2D eigenvalue weighted by molar-refractivity contribution is -0.139. The molecule has 0 saturated heterocycles. The molecule has 2 aromatic rings. The van der Waals surface area contributed by atoms with Crippen molar-refractivity contribution in [2.75, 3.05) is 20.8 Å². The maximum absolute atomic E-state index is 12.0. The van der Waals surface area contributed by atoms with Gasteiger partial charge in [-0.05, 0) is 12.1 Å². The molecule has 1 aromatic heterocycles. The Kier molecular flexibility index (Phi) is 5.08. The number of benzene rings is 1. The first-order valence-electron chi connectivity index (χ1n) is 6.65. The molecule has 0 aliphatic heterocycles. The highest BCUT2D eigenvalue weighted by Crippen LogP contribution is 2.27. The van der Waals surface area contributed by atoms with Gasteiger partial charge in [0, 0.05) is 11.8 Å². The summed E-state index contributed by atoms with van der Waals surface area (Å²) in [5.41, 5.74) is -0.0261. The van der Waals surface area contributed by atoms with E-state index in [2.05, 4.69) is 20.0 Å². The van der Waals surface area contributed by atoms with Crippen LogP contribution in [0.4, 0.5) is 0 Å². The van der Waals surface area contributed by atoms with Crippen LogP contribution in [0.1, 0.15) is 10.5 Å². The number of methoxy groups -OCH3 is 2. The largest absolute Gasteiger partial charge is 0.496 e. The lowest BCUT2D eigenvalue weighted by Gasteiger charge is -2.08. The number of carbonyl (C=O) groups excluding carboxylic acids is 2. The zero-order chi connectivity index (χ0) is 16.8. The number of hydrogen-bond acceptors (Lipinski definition) is 6. The average molecular weight is 317 g/mol.